The van der Waals surface area contributed by atoms with Crippen molar-refractivity contribution in [3.8, 4) is 0 Å². The lowest BCUT2D eigenvalue weighted by atomic mass is 10.1. The molecule has 0 spiro atoms. The summed E-state index contributed by atoms with van der Waals surface area (Å²) in [6, 6.07) is 4.16. The van der Waals surface area contributed by atoms with Gasteiger partial charge in [0.1, 0.15) is 5.56 Å². The molecule has 2 rings (SSSR count). The van der Waals surface area contributed by atoms with E-state index in [0.29, 0.717) is 0 Å². The molecule has 0 saturated carbocycles. The number of carboxylic acids is 1. The summed E-state index contributed by atoms with van der Waals surface area (Å²) < 4.78 is 5.17. The monoisotopic (exact) mass is 247 g/mol. The fourth-order valence-electron chi connectivity index (χ4n) is 1.71. The van der Waals surface area contributed by atoms with Crippen molar-refractivity contribution >= 4 is 22.8 Å². The molecule has 1 heterocycles. The van der Waals surface area contributed by atoms with Gasteiger partial charge in [0.15, 0.2) is 16.8 Å². The smallest absolute Gasteiger partial charge is 0.339 e. The summed E-state index contributed by atoms with van der Waals surface area (Å²) in [5, 5.41) is 9.10. The van der Waals surface area contributed by atoms with Gasteiger partial charge >= 0.3 is 5.97 Å². The SMILES string of the molecule is Cc1c(C(N)=O)oc2c(C(=O)O)cccc2c1=O. The average molecular weight is 247 g/mol. The van der Waals surface area contributed by atoms with Gasteiger partial charge in [0.2, 0.25) is 0 Å². The van der Waals surface area contributed by atoms with Crippen LogP contribution in [-0.2, 0) is 0 Å². The summed E-state index contributed by atoms with van der Waals surface area (Å²) in [6.07, 6.45) is 0. The van der Waals surface area contributed by atoms with Crippen LogP contribution in [0.2, 0.25) is 0 Å². The summed E-state index contributed by atoms with van der Waals surface area (Å²) in [4.78, 5) is 34.1. The van der Waals surface area contributed by atoms with Gasteiger partial charge in [0.05, 0.1) is 5.39 Å². The minimum absolute atomic E-state index is 0.0672. The quantitative estimate of drug-likeness (QED) is 0.818. The maximum Gasteiger partial charge on any atom is 0.339 e. The van der Waals surface area contributed by atoms with E-state index >= 15 is 0 Å². The molecule has 0 radical (unpaired) electrons. The molecule has 6 nitrogen and oxygen atoms in total. The minimum Gasteiger partial charge on any atom is -0.478 e. The highest BCUT2D eigenvalue weighted by atomic mass is 16.4. The van der Waals surface area contributed by atoms with E-state index in [-0.39, 0.29) is 27.9 Å². The second-order valence-corrected chi connectivity index (χ2v) is 3.74. The molecule has 0 aliphatic heterocycles. The third-order valence-electron chi connectivity index (χ3n) is 2.60. The summed E-state index contributed by atoms with van der Waals surface area (Å²) in [7, 11) is 0. The Labute approximate surface area is 101 Å². The van der Waals surface area contributed by atoms with Crippen molar-refractivity contribution in [2.24, 2.45) is 5.73 Å². The zero-order valence-corrected chi connectivity index (χ0v) is 9.39. The Morgan fingerprint density at radius 1 is 1.33 bits per heavy atom. The van der Waals surface area contributed by atoms with Crippen LogP contribution in [0.25, 0.3) is 11.0 Å². The molecule has 2 aromatic rings. The number of aromatic carboxylic acids is 1. The number of rotatable bonds is 2. The lowest BCUT2D eigenvalue weighted by Gasteiger charge is -2.05. The Morgan fingerprint density at radius 2 is 2.00 bits per heavy atom. The van der Waals surface area contributed by atoms with Crippen LogP contribution in [0.1, 0.15) is 26.5 Å². The molecule has 0 bridgehead atoms. The van der Waals surface area contributed by atoms with E-state index in [1.165, 1.54) is 25.1 Å². The maximum absolute atomic E-state index is 12.0. The van der Waals surface area contributed by atoms with Crippen molar-refractivity contribution in [1.29, 1.82) is 0 Å². The zero-order valence-electron chi connectivity index (χ0n) is 9.39. The average Bonchev–Trinajstić information content (AvgIpc) is 2.32. The topological polar surface area (TPSA) is 111 Å². The highest BCUT2D eigenvalue weighted by Gasteiger charge is 2.18. The van der Waals surface area contributed by atoms with Crippen molar-refractivity contribution < 1.29 is 19.1 Å². The molecule has 0 aliphatic carbocycles. The third-order valence-corrected chi connectivity index (χ3v) is 2.60. The number of amides is 1. The highest BCUT2D eigenvalue weighted by molar-refractivity contribution is 6.02. The van der Waals surface area contributed by atoms with Crippen molar-refractivity contribution in [3.63, 3.8) is 0 Å². The molecule has 3 N–H and O–H groups in total. The van der Waals surface area contributed by atoms with Gasteiger partial charge in [-0.25, -0.2) is 4.79 Å². The lowest BCUT2D eigenvalue weighted by molar-refractivity contribution is 0.0696. The first-order valence-electron chi connectivity index (χ1n) is 5.03. The Balaban J connectivity index is 3.01. The fraction of sp³-hybridized carbons (Fsp3) is 0.0833. The van der Waals surface area contributed by atoms with Crippen molar-refractivity contribution in [3.05, 3.63) is 45.3 Å². The van der Waals surface area contributed by atoms with Crippen molar-refractivity contribution in [2.75, 3.05) is 0 Å². The number of carboxylic acid groups (broad SMARTS) is 1. The predicted molar refractivity (Wildman–Crippen MR) is 62.7 cm³/mol. The molecule has 0 unspecified atom stereocenters. The van der Waals surface area contributed by atoms with Gasteiger partial charge in [-0.2, -0.15) is 0 Å². The third kappa shape index (κ3) is 1.64. The van der Waals surface area contributed by atoms with Crippen LogP contribution >= 0.6 is 0 Å². The first-order chi connectivity index (χ1) is 8.43. The van der Waals surface area contributed by atoms with Gasteiger partial charge in [-0.3, -0.25) is 9.59 Å². The molecule has 6 heteroatoms. The Morgan fingerprint density at radius 3 is 2.56 bits per heavy atom. The molecule has 0 atom stereocenters. The fourth-order valence-corrected chi connectivity index (χ4v) is 1.71. The molecular formula is C12H9NO5. The van der Waals surface area contributed by atoms with Gasteiger partial charge in [-0.1, -0.05) is 6.07 Å². The van der Waals surface area contributed by atoms with Gasteiger partial charge in [0, 0.05) is 5.56 Å². The summed E-state index contributed by atoms with van der Waals surface area (Å²) in [5.41, 5.74) is 4.35. The second kappa shape index (κ2) is 3.99. The van der Waals surface area contributed by atoms with Crippen LogP contribution in [0.4, 0.5) is 0 Å². The normalized spacial score (nSPS) is 10.5. The largest absolute Gasteiger partial charge is 0.478 e. The van der Waals surface area contributed by atoms with Gasteiger partial charge in [0.25, 0.3) is 5.91 Å². The number of carbonyl (C=O) groups is 2. The van der Waals surface area contributed by atoms with E-state index < -0.39 is 17.3 Å². The maximum atomic E-state index is 12.0. The molecule has 18 heavy (non-hydrogen) atoms. The molecule has 1 aromatic carbocycles. The molecule has 0 saturated heterocycles. The number of benzene rings is 1. The molecular weight excluding hydrogens is 238 g/mol. The number of hydrogen-bond donors (Lipinski definition) is 2. The lowest BCUT2D eigenvalue weighted by Crippen LogP contribution is -2.19. The first kappa shape index (κ1) is 11.8. The first-order valence-corrected chi connectivity index (χ1v) is 5.03. The van der Waals surface area contributed by atoms with Crippen molar-refractivity contribution in [1.82, 2.24) is 0 Å². The van der Waals surface area contributed by atoms with E-state index in [9.17, 15) is 14.4 Å². The zero-order chi connectivity index (χ0) is 13.4. The highest BCUT2D eigenvalue weighted by Crippen LogP contribution is 2.19. The van der Waals surface area contributed by atoms with Gasteiger partial charge in [-0.05, 0) is 19.1 Å². The predicted octanol–water partition coefficient (Wildman–Crippen LogP) is 0.899. The molecule has 92 valence electrons. The van der Waals surface area contributed by atoms with Crippen LogP contribution in [0.15, 0.2) is 27.4 Å². The number of primary amides is 1. The summed E-state index contributed by atoms with van der Waals surface area (Å²) in [6.45, 7) is 1.40. The van der Waals surface area contributed by atoms with Crippen LogP contribution in [0, 0.1) is 6.92 Å². The number of carbonyl (C=O) groups excluding carboxylic acids is 1. The molecule has 0 aliphatic rings. The summed E-state index contributed by atoms with van der Waals surface area (Å²) >= 11 is 0. The Hall–Kier alpha value is -2.63. The van der Waals surface area contributed by atoms with E-state index in [4.69, 9.17) is 15.3 Å². The number of hydrogen-bond acceptors (Lipinski definition) is 4. The van der Waals surface area contributed by atoms with Crippen LogP contribution in [0.3, 0.4) is 0 Å². The standard InChI is InChI=1S/C12H9NO5/c1-5-8(14)6-3-2-4-7(12(16)17)10(6)18-9(5)11(13)15/h2-4H,1H3,(H2,13,15)(H,16,17). The minimum atomic E-state index is -1.25. The van der Waals surface area contributed by atoms with Gasteiger partial charge in [-0.15, -0.1) is 0 Å². The second-order valence-electron chi connectivity index (χ2n) is 3.74. The Bertz CT molecular complexity index is 729. The number of fused-ring (bicyclic) bond motifs is 1. The Kier molecular flexibility index (Phi) is 2.63. The summed E-state index contributed by atoms with van der Waals surface area (Å²) in [5.74, 6) is -2.48. The molecule has 1 aromatic heterocycles. The number of para-hydroxylation sites is 1. The van der Waals surface area contributed by atoms with E-state index in [0.717, 1.165) is 0 Å². The number of nitrogens with two attached hydrogens (primary N) is 1. The van der Waals surface area contributed by atoms with Gasteiger partial charge < -0.3 is 15.3 Å². The molecule has 1 amide bonds. The van der Waals surface area contributed by atoms with Crippen LogP contribution in [-0.4, -0.2) is 17.0 Å². The van der Waals surface area contributed by atoms with E-state index in [1.807, 2.05) is 0 Å². The van der Waals surface area contributed by atoms with Crippen LogP contribution in [0.5, 0.6) is 0 Å². The van der Waals surface area contributed by atoms with E-state index in [2.05, 4.69) is 0 Å². The molecule has 0 fully saturated rings. The van der Waals surface area contributed by atoms with Crippen LogP contribution < -0.4 is 11.2 Å². The van der Waals surface area contributed by atoms with E-state index in [1.54, 1.807) is 0 Å². The van der Waals surface area contributed by atoms with Crippen molar-refractivity contribution in [2.45, 2.75) is 6.92 Å².